The molecule has 0 N–H and O–H groups in total. The number of likely N-dealkylation sites (N-methyl/N-ethyl adjacent to an activating group) is 1. The Hall–Kier alpha value is -1.59. The molecule has 2 heterocycles. The van der Waals surface area contributed by atoms with Crippen LogP contribution in [0.15, 0.2) is 18.5 Å². The molecular weight excluding hydrogens is 288 g/mol. The molecule has 0 unspecified atom stereocenters. The number of ether oxygens (including phenoxy) is 1. The number of halogens is 1. The van der Waals surface area contributed by atoms with Crippen LogP contribution in [0.2, 0.25) is 5.15 Å². The van der Waals surface area contributed by atoms with Crippen molar-refractivity contribution in [2.45, 2.75) is 13.0 Å². The van der Waals surface area contributed by atoms with Gasteiger partial charge in [0.25, 0.3) is 0 Å². The van der Waals surface area contributed by atoms with Gasteiger partial charge in [0, 0.05) is 19.1 Å². The van der Waals surface area contributed by atoms with Gasteiger partial charge < -0.3 is 14.5 Å². The van der Waals surface area contributed by atoms with Crippen LogP contribution in [-0.4, -0.2) is 54.7 Å². The Morgan fingerprint density at radius 1 is 1.33 bits per heavy atom. The van der Waals surface area contributed by atoms with Crippen LogP contribution in [0, 0.1) is 0 Å². The lowest BCUT2D eigenvalue weighted by Crippen LogP contribution is -2.57. The lowest BCUT2D eigenvalue weighted by atomic mass is 10.0. The van der Waals surface area contributed by atoms with Crippen molar-refractivity contribution in [2.75, 3.05) is 38.7 Å². The summed E-state index contributed by atoms with van der Waals surface area (Å²) in [6.45, 7) is 4.51. The van der Waals surface area contributed by atoms with Crippen molar-refractivity contribution < 1.29 is 4.74 Å². The van der Waals surface area contributed by atoms with Gasteiger partial charge in [0.2, 0.25) is 0 Å². The third-order valence-electron chi connectivity index (χ3n) is 3.90. The monoisotopic (exact) mass is 306 g/mol. The number of rotatable bonds is 4. The smallest absolute Gasteiger partial charge is 0.143 e. The first kappa shape index (κ1) is 14.4. The molecule has 6 heteroatoms. The maximum Gasteiger partial charge on any atom is 0.143 e. The summed E-state index contributed by atoms with van der Waals surface area (Å²) in [5, 5.41) is 1.35. The molecule has 112 valence electrons. The van der Waals surface area contributed by atoms with Gasteiger partial charge in [0.1, 0.15) is 17.2 Å². The topological polar surface area (TPSA) is 41.5 Å². The van der Waals surface area contributed by atoms with E-state index in [0.29, 0.717) is 17.8 Å². The fourth-order valence-corrected chi connectivity index (χ4v) is 2.86. The minimum atomic E-state index is 0.477. The molecule has 2 aromatic rings. The number of aromatic nitrogens is 2. The van der Waals surface area contributed by atoms with Crippen molar-refractivity contribution in [3.8, 4) is 5.75 Å². The van der Waals surface area contributed by atoms with Crippen molar-refractivity contribution in [3.05, 3.63) is 23.6 Å². The van der Waals surface area contributed by atoms with Gasteiger partial charge in [-0.05, 0) is 33.2 Å². The van der Waals surface area contributed by atoms with Crippen LogP contribution in [0.4, 0.5) is 5.69 Å². The number of fused-ring (bicyclic) bond motifs is 1. The molecule has 0 aliphatic carbocycles. The van der Waals surface area contributed by atoms with E-state index in [4.69, 9.17) is 16.3 Å². The molecule has 1 saturated heterocycles. The van der Waals surface area contributed by atoms with E-state index in [9.17, 15) is 0 Å². The zero-order valence-electron chi connectivity index (χ0n) is 12.5. The molecule has 21 heavy (non-hydrogen) atoms. The lowest BCUT2D eigenvalue weighted by molar-refractivity contribution is 0.245. The fraction of sp³-hybridized carbons (Fsp3) is 0.467. The predicted octanol–water partition coefficient (Wildman–Crippen LogP) is 2.43. The number of hydrogen-bond acceptors (Lipinski definition) is 5. The maximum atomic E-state index is 6.31. The van der Waals surface area contributed by atoms with Crippen LogP contribution in [0.25, 0.3) is 10.9 Å². The standard InChI is InChI=1S/C15H19ClN4O/c1-4-21-12-6-5-11-13(15(16)18-9-17-11)14(12)20-7-10(8-20)19(2)3/h5-6,9-10H,4,7-8H2,1-3H3. The molecule has 0 atom stereocenters. The summed E-state index contributed by atoms with van der Waals surface area (Å²) in [6.07, 6.45) is 1.49. The number of hydrogen-bond donors (Lipinski definition) is 0. The van der Waals surface area contributed by atoms with Crippen molar-refractivity contribution in [1.29, 1.82) is 0 Å². The summed E-state index contributed by atoms with van der Waals surface area (Å²) in [6, 6.07) is 4.45. The molecule has 1 aliphatic heterocycles. The Morgan fingerprint density at radius 2 is 2.10 bits per heavy atom. The van der Waals surface area contributed by atoms with E-state index >= 15 is 0 Å². The summed E-state index contributed by atoms with van der Waals surface area (Å²) in [5.41, 5.74) is 1.86. The first-order valence-corrected chi connectivity index (χ1v) is 7.47. The van der Waals surface area contributed by atoms with Crippen molar-refractivity contribution in [1.82, 2.24) is 14.9 Å². The van der Waals surface area contributed by atoms with Gasteiger partial charge in [0.05, 0.1) is 23.2 Å². The Balaban J connectivity index is 2.07. The quantitative estimate of drug-likeness (QED) is 0.812. The van der Waals surface area contributed by atoms with Gasteiger partial charge in [-0.25, -0.2) is 9.97 Å². The Labute approximate surface area is 129 Å². The average Bonchev–Trinajstić information content (AvgIpc) is 2.39. The van der Waals surface area contributed by atoms with E-state index in [0.717, 1.165) is 35.4 Å². The zero-order valence-corrected chi connectivity index (χ0v) is 13.3. The number of anilines is 1. The van der Waals surface area contributed by atoms with Crippen LogP contribution in [-0.2, 0) is 0 Å². The molecular formula is C15H19ClN4O. The molecule has 1 fully saturated rings. The minimum absolute atomic E-state index is 0.477. The molecule has 1 aliphatic rings. The lowest BCUT2D eigenvalue weighted by Gasteiger charge is -2.45. The first-order chi connectivity index (χ1) is 10.1. The minimum Gasteiger partial charge on any atom is -0.492 e. The SMILES string of the molecule is CCOc1ccc2ncnc(Cl)c2c1N1CC(N(C)C)C1. The highest BCUT2D eigenvalue weighted by Crippen LogP contribution is 2.41. The highest BCUT2D eigenvalue weighted by atomic mass is 35.5. The predicted molar refractivity (Wildman–Crippen MR) is 85.4 cm³/mol. The number of benzene rings is 1. The maximum absolute atomic E-state index is 6.31. The summed E-state index contributed by atoms with van der Waals surface area (Å²) < 4.78 is 5.78. The molecule has 3 rings (SSSR count). The average molecular weight is 307 g/mol. The van der Waals surface area contributed by atoms with Crippen LogP contribution < -0.4 is 9.64 Å². The summed E-state index contributed by atoms with van der Waals surface area (Å²) in [7, 11) is 4.20. The van der Waals surface area contributed by atoms with Gasteiger partial charge in [-0.15, -0.1) is 0 Å². The Bertz CT molecular complexity index is 655. The largest absolute Gasteiger partial charge is 0.492 e. The highest BCUT2D eigenvalue weighted by Gasteiger charge is 2.32. The summed E-state index contributed by atoms with van der Waals surface area (Å²) in [5.74, 6) is 0.846. The molecule has 0 amide bonds. The highest BCUT2D eigenvalue weighted by molar-refractivity contribution is 6.35. The van der Waals surface area contributed by atoms with E-state index in [-0.39, 0.29) is 0 Å². The second kappa shape index (κ2) is 5.66. The third kappa shape index (κ3) is 2.51. The third-order valence-corrected chi connectivity index (χ3v) is 4.19. The summed E-state index contributed by atoms with van der Waals surface area (Å²) >= 11 is 6.31. The normalized spacial score (nSPS) is 15.6. The molecule has 0 bridgehead atoms. The van der Waals surface area contributed by atoms with E-state index in [1.165, 1.54) is 6.33 Å². The molecule has 0 saturated carbocycles. The molecule has 5 nitrogen and oxygen atoms in total. The Morgan fingerprint density at radius 3 is 2.76 bits per heavy atom. The van der Waals surface area contributed by atoms with E-state index in [1.54, 1.807) is 0 Å². The zero-order chi connectivity index (χ0) is 15.0. The second-order valence-electron chi connectivity index (χ2n) is 5.43. The van der Waals surface area contributed by atoms with Gasteiger partial charge in [-0.2, -0.15) is 0 Å². The van der Waals surface area contributed by atoms with Crippen LogP contribution >= 0.6 is 11.6 Å². The van der Waals surface area contributed by atoms with Gasteiger partial charge in [0.15, 0.2) is 0 Å². The van der Waals surface area contributed by atoms with Crippen molar-refractivity contribution in [2.24, 2.45) is 0 Å². The van der Waals surface area contributed by atoms with Crippen molar-refractivity contribution in [3.63, 3.8) is 0 Å². The molecule has 1 aromatic carbocycles. The first-order valence-electron chi connectivity index (χ1n) is 7.09. The fourth-order valence-electron chi connectivity index (χ4n) is 2.63. The molecule has 0 spiro atoms. The molecule has 0 radical (unpaired) electrons. The Kier molecular flexibility index (Phi) is 3.87. The van der Waals surface area contributed by atoms with Crippen LogP contribution in [0.5, 0.6) is 5.75 Å². The van der Waals surface area contributed by atoms with Gasteiger partial charge >= 0.3 is 0 Å². The van der Waals surface area contributed by atoms with Gasteiger partial charge in [-0.1, -0.05) is 11.6 Å². The molecule has 1 aromatic heterocycles. The van der Waals surface area contributed by atoms with E-state index < -0.39 is 0 Å². The number of nitrogens with zero attached hydrogens (tertiary/aromatic N) is 4. The second-order valence-corrected chi connectivity index (χ2v) is 5.78. The van der Waals surface area contributed by atoms with E-state index in [2.05, 4.69) is 33.9 Å². The van der Waals surface area contributed by atoms with Crippen molar-refractivity contribution >= 4 is 28.2 Å². The van der Waals surface area contributed by atoms with Crippen LogP contribution in [0.3, 0.4) is 0 Å². The summed E-state index contributed by atoms with van der Waals surface area (Å²) in [4.78, 5) is 13.0. The van der Waals surface area contributed by atoms with Gasteiger partial charge in [-0.3, -0.25) is 0 Å². The van der Waals surface area contributed by atoms with E-state index in [1.807, 2.05) is 19.1 Å². The van der Waals surface area contributed by atoms with Crippen LogP contribution in [0.1, 0.15) is 6.92 Å².